The molecular weight excluding hydrogens is 336 g/mol. The smallest absolute Gasteiger partial charge is 0.225 e. The fraction of sp³-hybridized carbons (Fsp3) is 0.650. The maximum absolute atomic E-state index is 13.0. The first-order valence-corrected chi connectivity index (χ1v) is 9.94. The number of amides is 1. The number of rotatable bonds is 7. The molecule has 0 radical (unpaired) electrons. The Kier molecular flexibility index (Phi) is 7.14. The molecule has 5 heteroatoms. The van der Waals surface area contributed by atoms with E-state index in [-0.39, 0.29) is 5.92 Å². The quantitative estimate of drug-likeness (QED) is 0.741. The van der Waals surface area contributed by atoms with Gasteiger partial charge in [-0.05, 0) is 30.9 Å². The Morgan fingerprint density at radius 3 is 2.64 bits per heavy atom. The minimum atomic E-state index is 0.214. The molecule has 4 nitrogen and oxygen atoms in total. The van der Waals surface area contributed by atoms with Crippen molar-refractivity contribution in [3.05, 3.63) is 34.9 Å². The predicted octanol–water partition coefficient (Wildman–Crippen LogP) is 3.58. The first kappa shape index (κ1) is 18.7. The van der Waals surface area contributed by atoms with Crippen LogP contribution in [0.15, 0.2) is 24.3 Å². The molecule has 1 saturated carbocycles. The summed E-state index contributed by atoms with van der Waals surface area (Å²) >= 11 is 6.33. The van der Waals surface area contributed by atoms with Gasteiger partial charge >= 0.3 is 0 Å². The van der Waals surface area contributed by atoms with E-state index in [1.807, 2.05) is 29.2 Å². The molecule has 1 aliphatic carbocycles. The second kappa shape index (κ2) is 9.56. The molecule has 2 fully saturated rings. The average molecular weight is 365 g/mol. The number of hydrogen-bond acceptors (Lipinski definition) is 3. The highest BCUT2D eigenvalue weighted by Crippen LogP contribution is 2.28. The van der Waals surface area contributed by atoms with Gasteiger partial charge in [-0.25, -0.2) is 0 Å². The molecule has 1 saturated heterocycles. The Morgan fingerprint density at radius 1 is 1.20 bits per heavy atom. The summed E-state index contributed by atoms with van der Waals surface area (Å²) in [6, 6.07) is 7.86. The molecule has 0 N–H and O–H groups in total. The number of nitrogens with zero attached hydrogens (tertiary/aromatic N) is 2. The van der Waals surface area contributed by atoms with Crippen molar-refractivity contribution in [3.8, 4) is 0 Å². The third-order valence-corrected chi connectivity index (χ3v) is 5.71. The SMILES string of the molecule is O=C(C1CCCC1)N(CCCN1CCOCC1)Cc1ccccc1Cl. The Bertz CT molecular complexity index is 554. The van der Waals surface area contributed by atoms with Crippen LogP contribution in [0.1, 0.15) is 37.7 Å². The summed E-state index contributed by atoms with van der Waals surface area (Å²) in [4.78, 5) is 17.5. The van der Waals surface area contributed by atoms with Crippen molar-refractivity contribution in [1.82, 2.24) is 9.80 Å². The topological polar surface area (TPSA) is 32.8 Å². The van der Waals surface area contributed by atoms with Gasteiger partial charge in [-0.3, -0.25) is 9.69 Å². The number of carbonyl (C=O) groups excluding carboxylic acids is 1. The van der Waals surface area contributed by atoms with E-state index in [9.17, 15) is 4.79 Å². The minimum Gasteiger partial charge on any atom is -0.379 e. The number of hydrogen-bond donors (Lipinski definition) is 0. The molecule has 138 valence electrons. The lowest BCUT2D eigenvalue weighted by Gasteiger charge is -2.29. The molecule has 3 rings (SSSR count). The molecule has 1 aliphatic heterocycles. The van der Waals surface area contributed by atoms with Crippen LogP contribution in [-0.2, 0) is 16.1 Å². The van der Waals surface area contributed by atoms with Crippen molar-refractivity contribution in [2.75, 3.05) is 39.4 Å². The van der Waals surface area contributed by atoms with Crippen LogP contribution in [0.2, 0.25) is 5.02 Å². The first-order chi connectivity index (χ1) is 12.2. The molecule has 0 unspecified atom stereocenters. The van der Waals surface area contributed by atoms with Crippen LogP contribution in [0.3, 0.4) is 0 Å². The van der Waals surface area contributed by atoms with Crippen LogP contribution < -0.4 is 0 Å². The van der Waals surface area contributed by atoms with Gasteiger partial charge in [0, 0.05) is 43.7 Å². The van der Waals surface area contributed by atoms with E-state index < -0.39 is 0 Å². The number of ether oxygens (including phenoxy) is 1. The van der Waals surface area contributed by atoms with Gasteiger partial charge in [0.25, 0.3) is 0 Å². The van der Waals surface area contributed by atoms with Gasteiger partial charge in [0.05, 0.1) is 13.2 Å². The predicted molar refractivity (Wildman–Crippen MR) is 101 cm³/mol. The Balaban J connectivity index is 1.59. The fourth-order valence-electron chi connectivity index (χ4n) is 3.84. The molecule has 0 bridgehead atoms. The molecule has 1 aromatic rings. The number of morpholine rings is 1. The average Bonchev–Trinajstić information content (AvgIpc) is 3.17. The summed E-state index contributed by atoms with van der Waals surface area (Å²) in [5.74, 6) is 0.533. The van der Waals surface area contributed by atoms with Gasteiger partial charge in [-0.2, -0.15) is 0 Å². The van der Waals surface area contributed by atoms with E-state index in [2.05, 4.69) is 4.90 Å². The normalized spacial score (nSPS) is 19.2. The molecule has 0 aromatic heterocycles. The molecule has 1 heterocycles. The van der Waals surface area contributed by atoms with Gasteiger partial charge in [0.15, 0.2) is 0 Å². The minimum absolute atomic E-state index is 0.214. The van der Waals surface area contributed by atoms with Crippen LogP contribution in [0.4, 0.5) is 0 Å². The fourth-order valence-corrected chi connectivity index (χ4v) is 4.04. The van der Waals surface area contributed by atoms with Crippen molar-refractivity contribution in [2.24, 2.45) is 5.92 Å². The monoisotopic (exact) mass is 364 g/mol. The summed E-state index contributed by atoms with van der Waals surface area (Å²) in [5, 5.41) is 0.750. The number of halogens is 1. The Morgan fingerprint density at radius 2 is 1.92 bits per heavy atom. The van der Waals surface area contributed by atoms with E-state index in [0.29, 0.717) is 12.5 Å². The van der Waals surface area contributed by atoms with Crippen molar-refractivity contribution >= 4 is 17.5 Å². The van der Waals surface area contributed by atoms with Crippen molar-refractivity contribution in [1.29, 1.82) is 0 Å². The Hall–Kier alpha value is -1.10. The maximum Gasteiger partial charge on any atom is 0.225 e. The molecule has 0 spiro atoms. The van der Waals surface area contributed by atoms with E-state index in [4.69, 9.17) is 16.3 Å². The van der Waals surface area contributed by atoms with Gasteiger partial charge in [0.2, 0.25) is 5.91 Å². The van der Waals surface area contributed by atoms with E-state index in [0.717, 1.165) is 69.2 Å². The van der Waals surface area contributed by atoms with Gasteiger partial charge in [0.1, 0.15) is 0 Å². The molecule has 0 atom stereocenters. The lowest BCUT2D eigenvalue weighted by atomic mass is 10.1. The largest absolute Gasteiger partial charge is 0.379 e. The van der Waals surface area contributed by atoms with E-state index in [1.54, 1.807) is 0 Å². The van der Waals surface area contributed by atoms with Crippen LogP contribution >= 0.6 is 11.6 Å². The molecular formula is C20H29ClN2O2. The molecule has 25 heavy (non-hydrogen) atoms. The van der Waals surface area contributed by atoms with Gasteiger partial charge in [-0.1, -0.05) is 42.6 Å². The Labute approximate surface area is 156 Å². The molecule has 1 amide bonds. The highest BCUT2D eigenvalue weighted by atomic mass is 35.5. The first-order valence-electron chi connectivity index (χ1n) is 9.56. The van der Waals surface area contributed by atoms with Crippen molar-refractivity contribution in [2.45, 2.75) is 38.6 Å². The van der Waals surface area contributed by atoms with E-state index in [1.165, 1.54) is 12.8 Å². The summed E-state index contributed by atoms with van der Waals surface area (Å²) in [7, 11) is 0. The van der Waals surface area contributed by atoms with Gasteiger partial charge in [-0.15, -0.1) is 0 Å². The van der Waals surface area contributed by atoms with Crippen LogP contribution in [0.25, 0.3) is 0 Å². The zero-order valence-corrected chi connectivity index (χ0v) is 15.7. The number of carbonyl (C=O) groups is 1. The van der Waals surface area contributed by atoms with E-state index >= 15 is 0 Å². The lowest BCUT2D eigenvalue weighted by Crippen LogP contribution is -2.40. The summed E-state index contributed by atoms with van der Waals surface area (Å²) in [5.41, 5.74) is 1.04. The highest BCUT2D eigenvalue weighted by molar-refractivity contribution is 6.31. The zero-order valence-electron chi connectivity index (χ0n) is 15.0. The van der Waals surface area contributed by atoms with Gasteiger partial charge < -0.3 is 9.64 Å². The molecule has 1 aromatic carbocycles. The number of benzene rings is 1. The second-order valence-electron chi connectivity index (χ2n) is 7.14. The summed E-state index contributed by atoms with van der Waals surface area (Å²) in [6.07, 6.45) is 5.46. The van der Waals surface area contributed by atoms with Crippen molar-refractivity contribution in [3.63, 3.8) is 0 Å². The lowest BCUT2D eigenvalue weighted by molar-refractivity contribution is -0.136. The van der Waals surface area contributed by atoms with Crippen LogP contribution in [0, 0.1) is 5.92 Å². The molecule has 2 aliphatic rings. The van der Waals surface area contributed by atoms with Crippen LogP contribution in [0.5, 0.6) is 0 Å². The third kappa shape index (κ3) is 5.44. The standard InChI is InChI=1S/C20H29ClN2O2/c21-19-9-4-3-8-18(19)16-23(20(24)17-6-1-2-7-17)11-5-10-22-12-14-25-15-13-22/h3-4,8-9,17H,1-2,5-7,10-16H2. The summed E-state index contributed by atoms with van der Waals surface area (Å²) < 4.78 is 5.40. The second-order valence-corrected chi connectivity index (χ2v) is 7.55. The maximum atomic E-state index is 13.0. The van der Waals surface area contributed by atoms with Crippen molar-refractivity contribution < 1.29 is 9.53 Å². The zero-order chi connectivity index (χ0) is 17.5. The highest BCUT2D eigenvalue weighted by Gasteiger charge is 2.27. The summed E-state index contributed by atoms with van der Waals surface area (Å²) in [6.45, 7) is 6.10. The third-order valence-electron chi connectivity index (χ3n) is 5.34. The van der Waals surface area contributed by atoms with Crippen LogP contribution in [-0.4, -0.2) is 55.1 Å².